The van der Waals surface area contributed by atoms with Crippen molar-refractivity contribution in [2.75, 3.05) is 19.8 Å². The van der Waals surface area contributed by atoms with Gasteiger partial charge < -0.3 is 21.1 Å². The van der Waals surface area contributed by atoms with Crippen LogP contribution in [0.1, 0.15) is 12.8 Å². The minimum atomic E-state index is -0.184. The maximum absolute atomic E-state index is 11.2. The molecular formula is C8H15N3O2S. The average Bonchev–Trinajstić information content (AvgIpc) is 2.56. The Morgan fingerprint density at radius 3 is 3.00 bits per heavy atom. The fourth-order valence-electron chi connectivity index (χ4n) is 1.18. The van der Waals surface area contributed by atoms with Gasteiger partial charge in [-0.3, -0.25) is 0 Å². The molecular weight excluding hydrogens is 202 g/mol. The first-order valence-electron chi connectivity index (χ1n) is 4.59. The fourth-order valence-corrected chi connectivity index (χ4v) is 1.29. The molecule has 0 radical (unpaired) electrons. The van der Waals surface area contributed by atoms with Gasteiger partial charge in [0.1, 0.15) is 0 Å². The number of hydrogen-bond donors (Lipinski definition) is 3. The van der Waals surface area contributed by atoms with Gasteiger partial charge in [0.15, 0.2) is 0 Å². The lowest BCUT2D eigenvalue weighted by Crippen LogP contribution is -2.43. The van der Waals surface area contributed by atoms with Crippen LogP contribution in [0.4, 0.5) is 4.79 Å². The summed E-state index contributed by atoms with van der Waals surface area (Å²) in [4.78, 5) is 11.6. The first-order valence-corrected chi connectivity index (χ1v) is 4.99. The Bertz CT molecular complexity index is 217. The maximum atomic E-state index is 11.2. The zero-order valence-electron chi connectivity index (χ0n) is 7.91. The second-order valence-electron chi connectivity index (χ2n) is 3.18. The Morgan fingerprint density at radius 1 is 1.64 bits per heavy atom. The van der Waals surface area contributed by atoms with Crippen molar-refractivity contribution in [1.29, 1.82) is 0 Å². The van der Waals surface area contributed by atoms with Crippen molar-refractivity contribution in [3.05, 3.63) is 0 Å². The molecule has 0 aromatic carbocycles. The summed E-state index contributed by atoms with van der Waals surface area (Å²) in [6, 6.07) is -0.0448. The average molecular weight is 217 g/mol. The van der Waals surface area contributed by atoms with Gasteiger partial charge in [-0.15, -0.1) is 0 Å². The van der Waals surface area contributed by atoms with E-state index in [0.717, 1.165) is 13.0 Å². The van der Waals surface area contributed by atoms with Crippen LogP contribution >= 0.6 is 12.2 Å². The third kappa shape index (κ3) is 4.38. The zero-order valence-corrected chi connectivity index (χ0v) is 8.73. The lowest BCUT2D eigenvalue weighted by atomic mass is 10.3. The topological polar surface area (TPSA) is 76.4 Å². The molecule has 0 aliphatic carbocycles. The number of ether oxygens (including phenoxy) is 1. The SMILES string of the molecule is NC(=S)CCNC(=O)NC1CCOC1. The lowest BCUT2D eigenvalue weighted by molar-refractivity contribution is 0.188. The van der Waals surface area contributed by atoms with E-state index in [4.69, 9.17) is 10.5 Å². The third-order valence-electron chi connectivity index (χ3n) is 1.92. The number of carbonyl (C=O) groups is 1. The molecule has 1 unspecified atom stereocenters. The molecule has 0 saturated carbocycles. The van der Waals surface area contributed by atoms with E-state index in [1.165, 1.54) is 0 Å². The highest BCUT2D eigenvalue weighted by Crippen LogP contribution is 2.02. The normalized spacial score (nSPS) is 20.4. The number of rotatable bonds is 4. The van der Waals surface area contributed by atoms with E-state index in [2.05, 4.69) is 22.9 Å². The second kappa shape index (κ2) is 5.77. The summed E-state index contributed by atoms with van der Waals surface area (Å²) in [6.45, 7) is 1.80. The van der Waals surface area contributed by atoms with Crippen LogP contribution in [0.3, 0.4) is 0 Å². The van der Waals surface area contributed by atoms with Crippen LogP contribution in [0.5, 0.6) is 0 Å². The minimum Gasteiger partial charge on any atom is -0.393 e. The number of nitrogens with one attached hydrogen (secondary N) is 2. The van der Waals surface area contributed by atoms with Crippen LogP contribution < -0.4 is 16.4 Å². The van der Waals surface area contributed by atoms with Gasteiger partial charge in [0, 0.05) is 19.6 Å². The van der Waals surface area contributed by atoms with Gasteiger partial charge in [-0.25, -0.2) is 4.79 Å². The molecule has 1 aliphatic rings. The van der Waals surface area contributed by atoms with Crippen molar-refractivity contribution in [3.8, 4) is 0 Å². The third-order valence-corrected chi connectivity index (χ3v) is 2.13. The summed E-state index contributed by atoms with van der Waals surface area (Å²) in [5.74, 6) is 0. The van der Waals surface area contributed by atoms with E-state index >= 15 is 0 Å². The summed E-state index contributed by atoms with van der Waals surface area (Å²) in [5.41, 5.74) is 5.28. The second-order valence-corrected chi connectivity index (χ2v) is 3.70. The van der Waals surface area contributed by atoms with Crippen LogP contribution in [-0.2, 0) is 4.74 Å². The number of thiocarbonyl (C=S) groups is 1. The Labute approximate surface area is 88.4 Å². The molecule has 0 aromatic heterocycles. The molecule has 2 amide bonds. The molecule has 5 nitrogen and oxygen atoms in total. The molecule has 1 fully saturated rings. The van der Waals surface area contributed by atoms with E-state index in [9.17, 15) is 4.79 Å². The molecule has 1 aliphatic heterocycles. The van der Waals surface area contributed by atoms with Gasteiger partial charge in [0.05, 0.1) is 17.6 Å². The molecule has 1 atom stereocenters. The smallest absolute Gasteiger partial charge is 0.315 e. The summed E-state index contributed by atoms with van der Waals surface area (Å²) in [7, 11) is 0. The summed E-state index contributed by atoms with van der Waals surface area (Å²) < 4.78 is 5.12. The highest BCUT2D eigenvalue weighted by atomic mass is 32.1. The number of amides is 2. The quantitative estimate of drug-likeness (QED) is 0.568. The molecule has 4 N–H and O–H groups in total. The molecule has 1 heterocycles. The first kappa shape index (κ1) is 11.2. The van der Waals surface area contributed by atoms with E-state index in [-0.39, 0.29) is 12.1 Å². The Morgan fingerprint density at radius 2 is 2.43 bits per heavy atom. The van der Waals surface area contributed by atoms with Crippen LogP contribution in [0.15, 0.2) is 0 Å². The monoisotopic (exact) mass is 217 g/mol. The molecule has 6 heteroatoms. The predicted octanol–water partition coefficient (Wildman–Crippen LogP) is -0.249. The number of hydrogen-bond acceptors (Lipinski definition) is 3. The van der Waals surface area contributed by atoms with Crippen molar-refractivity contribution in [2.45, 2.75) is 18.9 Å². The largest absolute Gasteiger partial charge is 0.393 e. The maximum Gasteiger partial charge on any atom is 0.315 e. The van der Waals surface area contributed by atoms with Gasteiger partial charge in [0.2, 0.25) is 0 Å². The van der Waals surface area contributed by atoms with Gasteiger partial charge in [0.25, 0.3) is 0 Å². The standard InChI is InChI=1S/C8H15N3O2S/c9-7(14)1-3-10-8(12)11-6-2-4-13-5-6/h6H,1-5H2,(H2,9,14)(H2,10,11,12). The van der Waals surface area contributed by atoms with Crippen molar-refractivity contribution in [2.24, 2.45) is 5.73 Å². The lowest BCUT2D eigenvalue weighted by Gasteiger charge is -2.11. The van der Waals surface area contributed by atoms with Gasteiger partial charge >= 0.3 is 6.03 Å². The fraction of sp³-hybridized carbons (Fsp3) is 0.750. The van der Waals surface area contributed by atoms with E-state index in [1.54, 1.807) is 0 Å². The molecule has 0 aromatic rings. The summed E-state index contributed by atoms with van der Waals surface area (Å²) in [5, 5.41) is 5.46. The van der Waals surface area contributed by atoms with Crippen molar-refractivity contribution >= 4 is 23.2 Å². The molecule has 14 heavy (non-hydrogen) atoms. The highest BCUT2D eigenvalue weighted by Gasteiger charge is 2.16. The van der Waals surface area contributed by atoms with E-state index in [0.29, 0.717) is 24.6 Å². The van der Waals surface area contributed by atoms with Gasteiger partial charge in [-0.1, -0.05) is 12.2 Å². The zero-order chi connectivity index (χ0) is 10.4. The highest BCUT2D eigenvalue weighted by molar-refractivity contribution is 7.80. The summed E-state index contributed by atoms with van der Waals surface area (Å²) >= 11 is 4.68. The molecule has 80 valence electrons. The van der Waals surface area contributed by atoms with Gasteiger partial charge in [-0.05, 0) is 6.42 Å². The van der Waals surface area contributed by atoms with Crippen molar-refractivity contribution < 1.29 is 9.53 Å². The molecule has 1 rings (SSSR count). The Hall–Kier alpha value is -0.880. The van der Waals surface area contributed by atoms with Gasteiger partial charge in [-0.2, -0.15) is 0 Å². The van der Waals surface area contributed by atoms with Crippen LogP contribution in [0.2, 0.25) is 0 Å². The van der Waals surface area contributed by atoms with Crippen LogP contribution in [-0.4, -0.2) is 36.8 Å². The summed E-state index contributed by atoms with van der Waals surface area (Å²) in [6.07, 6.45) is 1.41. The van der Waals surface area contributed by atoms with Crippen LogP contribution in [0, 0.1) is 0 Å². The van der Waals surface area contributed by atoms with E-state index in [1.807, 2.05) is 0 Å². The van der Waals surface area contributed by atoms with Crippen LogP contribution in [0.25, 0.3) is 0 Å². The van der Waals surface area contributed by atoms with E-state index < -0.39 is 0 Å². The minimum absolute atomic E-state index is 0.139. The Balaban J connectivity index is 2.06. The Kier molecular flexibility index (Phi) is 4.61. The van der Waals surface area contributed by atoms with Crippen molar-refractivity contribution in [3.63, 3.8) is 0 Å². The molecule has 0 spiro atoms. The first-order chi connectivity index (χ1) is 6.68. The van der Waals surface area contributed by atoms with Crippen molar-refractivity contribution in [1.82, 2.24) is 10.6 Å². The number of nitrogens with two attached hydrogens (primary N) is 1. The predicted molar refractivity (Wildman–Crippen MR) is 57.2 cm³/mol. The molecule has 0 bridgehead atoms. The molecule has 1 saturated heterocycles. The number of urea groups is 1. The number of carbonyl (C=O) groups excluding carboxylic acids is 1.